The first-order chi connectivity index (χ1) is 7.99. The van der Waals surface area contributed by atoms with E-state index in [1.807, 2.05) is 19.0 Å². The lowest BCUT2D eigenvalue weighted by Crippen LogP contribution is -2.27. The number of rotatable bonds is 8. The SMILES string of the molecule is CCOC(=O)C[C@H](CCN(C)C)OC(=O)CC. The van der Waals surface area contributed by atoms with Crippen LogP contribution in [0.1, 0.15) is 33.1 Å². The van der Waals surface area contributed by atoms with Crippen LogP contribution in [0, 0.1) is 0 Å². The van der Waals surface area contributed by atoms with Crippen molar-refractivity contribution in [1.29, 1.82) is 0 Å². The van der Waals surface area contributed by atoms with Gasteiger partial charge < -0.3 is 14.4 Å². The van der Waals surface area contributed by atoms with Crippen molar-refractivity contribution in [2.45, 2.75) is 39.2 Å². The van der Waals surface area contributed by atoms with Gasteiger partial charge in [0.05, 0.1) is 13.0 Å². The van der Waals surface area contributed by atoms with Crippen molar-refractivity contribution in [1.82, 2.24) is 4.90 Å². The lowest BCUT2D eigenvalue weighted by atomic mass is 10.2. The summed E-state index contributed by atoms with van der Waals surface area (Å²) >= 11 is 0. The molecule has 0 aromatic heterocycles. The zero-order chi connectivity index (χ0) is 13.3. The molecule has 0 radical (unpaired) electrons. The Balaban J connectivity index is 4.18. The van der Waals surface area contributed by atoms with Gasteiger partial charge in [-0.15, -0.1) is 0 Å². The summed E-state index contributed by atoms with van der Waals surface area (Å²) in [6.07, 6.45) is 0.704. The Kier molecular flexibility index (Phi) is 8.40. The largest absolute Gasteiger partial charge is 0.466 e. The Labute approximate surface area is 103 Å². The molecule has 0 amide bonds. The van der Waals surface area contributed by atoms with Crippen molar-refractivity contribution in [2.75, 3.05) is 27.2 Å². The van der Waals surface area contributed by atoms with E-state index >= 15 is 0 Å². The normalized spacial score (nSPS) is 12.3. The molecular weight excluding hydrogens is 222 g/mol. The second-order valence-electron chi connectivity index (χ2n) is 4.07. The zero-order valence-corrected chi connectivity index (χ0v) is 11.2. The highest BCUT2D eigenvalue weighted by molar-refractivity contribution is 5.72. The van der Waals surface area contributed by atoms with E-state index in [0.29, 0.717) is 19.4 Å². The molecule has 0 spiro atoms. The van der Waals surface area contributed by atoms with Gasteiger partial charge in [0.15, 0.2) is 0 Å². The summed E-state index contributed by atoms with van der Waals surface area (Å²) in [5.41, 5.74) is 0. The topological polar surface area (TPSA) is 55.8 Å². The van der Waals surface area contributed by atoms with E-state index in [0.717, 1.165) is 6.54 Å². The van der Waals surface area contributed by atoms with Crippen LogP contribution >= 0.6 is 0 Å². The molecule has 0 bridgehead atoms. The number of nitrogens with zero attached hydrogens (tertiary/aromatic N) is 1. The van der Waals surface area contributed by atoms with Crippen LogP contribution in [-0.4, -0.2) is 50.2 Å². The van der Waals surface area contributed by atoms with Gasteiger partial charge in [0.25, 0.3) is 0 Å². The number of hydrogen-bond acceptors (Lipinski definition) is 5. The van der Waals surface area contributed by atoms with E-state index in [1.54, 1.807) is 13.8 Å². The minimum absolute atomic E-state index is 0.132. The molecule has 0 aliphatic heterocycles. The molecule has 0 unspecified atom stereocenters. The number of carbonyl (C=O) groups is 2. The Hall–Kier alpha value is -1.10. The highest BCUT2D eigenvalue weighted by atomic mass is 16.6. The van der Waals surface area contributed by atoms with E-state index in [4.69, 9.17) is 9.47 Å². The molecule has 1 atom stereocenters. The van der Waals surface area contributed by atoms with E-state index in [2.05, 4.69) is 0 Å². The Morgan fingerprint density at radius 3 is 2.29 bits per heavy atom. The standard InChI is InChI=1S/C12H23NO4/c1-5-11(14)17-10(7-8-13(3)4)9-12(15)16-6-2/h10H,5-9H2,1-4H3/t10-/m0/s1. The van der Waals surface area contributed by atoms with Crippen LogP contribution in [0.5, 0.6) is 0 Å². The maximum atomic E-state index is 11.3. The van der Waals surface area contributed by atoms with E-state index in [-0.39, 0.29) is 24.5 Å². The average molecular weight is 245 g/mol. The first-order valence-corrected chi connectivity index (χ1v) is 5.99. The minimum atomic E-state index is -0.385. The van der Waals surface area contributed by atoms with Gasteiger partial charge in [-0.1, -0.05) is 6.92 Å². The molecule has 100 valence electrons. The van der Waals surface area contributed by atoms with Gasteiger partial charge in [-0.2, -0.15) is 0 Å². The quantitative estimate of drug-likeness (QED) is 0.602. The molecule has 0 fully saturated rings. The minimum Gasteiger partial charge on any atom is -0.466 e. The fourth-order valence-electron chi connectivity index (χ4n) is 1.28. The van der Waals surface area contributed by atoms with Crippen LogP contribution in [0.2, 0.25) is 0 Å². The first-order valence-electron chi connectivity index (χ1n) is 5.99. The third kappa shape index (κ3) is 8.68. The smallest absolute Gasteiger partial charge is 0.309 e. The van der Waals surface area contributed by atoms with Crippen molar-refractivity contribution >= 4 is 11.9 Å². The van der Waals surface area contributed by atoms with E-state index in [1.165, 1.54) is 0 Å². The molecule has 0 aliphatic rings. The van der Waals surface area contributed by atoms with Gasteiger partial charge in [0.2, 0.25) is 0 Å². The molecule has 0 heterocycles. The summed E-state index contributed by atoms with van der Waals surface area (Å²) < 4.78 is 10.1. The summed E-state index contributed by atoms with van der Waals surface area (Å²) in [6.45, 7) is 4.60. The number of ether oxygens (including phenoxy) is 2. The molecule has 0 aromatic carbocycles. The third-order valence-corrected chi connectivity index (χ3v) is 2.18. The first kappa shape index (κ1) is 15.9. The fourth-order valence-corrected chi connectivity index (χ4v) is 1.28. The van der Waals surface area contributed by atoms with Crippen LogP contribution in [0.4, 0.5) is 0 Å². The van der Waals surface area contributed by atoms with Gasteiger partial charge in [-0.05, 0) is 27.4 Å². The van der Waals surface area contributed by atoms with Crippen LogP contribution in [0.15, 0.2) is 0 Å². The van der Waals surface area contributed by atoms with Crippen LogP contribution in [0.25, 0.3) is 0 Å². The maximum Gasteiger partial charge on any atom is 0.309 e. The lowest BCUT2D eigenvalue weighted by molar-refractivity contribution is -0.155. The lowest BCUT2D eigenvalue weighted by Gasteiger charge is -2.19. The van der Waals surface area contributed by atoms with Crippen LogP contribution < -0.4 is 0 Å². The summed E-state index contributed by atoms with van der Waals surface area (Å²) in [7, 11) is 3.87. The highest BCUT2D eigenvalue weighted by Crippen LogP contribution is 2.08. The fraction of sp³-hybridized carbons (Fsp3) is 0.833. The highest BCUT2D eigenvalue weighted by Gasteiger charge is 2.18. The Bertz CT molecular complexity index is 241. The molecule has 0 aliphatic carbocycles. The van der Waals surface area contributed by atoms with Gasteiger partial charge in [0, 0.05) is 13.0 Å². The summed E-state index contributed by atoms with van der Waals surface area (Å²) in [5, 5.41) is 0. The zero-order valence-electron chi connectivity index (χ0n) is 11.2. The van der Waals surface area contributed by atoms with E-state index in [9.17, 15) is 9.59 Å². The van der Waals surface area contributed by atoms with Gasteiger partial charge >= 0.3 is 11.9 Å². The molecule has 0 N–H and O–H groups in total. The average Bonchev–Trinajstić information content (AvgIpc) is 2.25. The summed E-state index contributed by atoms with van der Waals surface area (Å²) in [6, 6.07) is 0. The summed E-state index contributed by atoms with van der Waals surface area (Å²) in [4.78, 5) is 24.5. The molecule has 5 heteroatoms. The number of esters is 2. The molecule has 17 heavy (non-hydrogen) atoms. The second kappa shape index (κ2) is 8.98. The summed E-state index contributed by atoms with van der Waals surface area (Å²) in [5.74, 6) is -0.599. The Morgan fingerprint density at radius 1 is 1.18 bits per heavy atom. The van der Waals surface area contributed by atoms with Crippen molar-refractivity contribution < 1.29 is 19.1 Å². The Morgan fingerprint density at radius 2 is 1.82 bits per heavy atom. The van der Waals surface area contributed by atoms with Crippen LogP contribution in [0.3, 0.4) is 0 Å². The van der Waals surface area contributed by atoms with Crippen molar-refractivity contribution in [3.05, 3.63) is 0 Å². The number of hydrogen-bond donors (Lipinski definition) is 0. The molecule has 5 nitrogen and oxygen atoms in total. The molecule has 0 saturated heterocycles. The molecule has 0 saturated carbocycles. The predicted octanol–water partition coefficient (Wildman–Crippen LogP) is 1.21. The molecular formula is C12H23NO4. The number of carbonyl (C=O) groups excluding carboxylic acids is 2. The van der Waals surface area contributed by atoms with Gasteiger partial charge in [-0.3, -0.25) is 9.59 Å². The van der Waals surface area contributed by atoms with Gasteiger partial charge in [-0.25, -0.2) is 0 Å². The second-order valence-corrected chi connectivity index (χ2v) is 4.07. The maximum absolute atomic E-state index is 11.3. The van der Waals surface area contributed by atoms with Crippen molar-refractivity contribution in [3.63, 3.8) is 0 Å². The predicted molar refractivity (Wildman–Crippen MR) is 64.6 cm³/mol. The monoisotopic (exact) mass is 245 g/mol. The van der Waals surface area contributed by atoms with Crippen molar-refractivity contribution in [3.8, 4) is 0 Å². The third-order valence-electron chi connectivity index (χ3n) is 2.18. The molecule has 0 aromatic rings. The molecule has 0 rings (SSSR count). The van der Waals surface area contributed by atoms with Gasteiger partial charge in [0.1, 0.15) is 6.10 Å². The van der Waals surface area contributed by atoms with Crippen LogP contribution in [-0.2, 0) is 19.1 Å². The van der Waals surface area contributed by atoms with Crippen molar-refractivity contribution in [2.24, 2.45) is 0 Å². The van der Waals surface area contributed by atoms with E-state index < -0.39 is 0 Å².